The molecule has 1 aromatic carbocycles. The Hall–Kier alpha value is -1.13. The van der Waals surface area contributed by atoms with E-state index in [1.165, 1.54) is 0 Å². The van der Waals surface area contributed by atoms with E-state index < -0.39 is 0 Å². The van der Waals surface area contributed by atoms with Gasteiger partial charge in [0.25, 0.3) is 0 Å². The maximum atomic E-state index is 5.42. The standard InChI is InChI=1S/C10H9BrN2O/c11-8-3-1-7(2-4-8)10-13-6-9(5-12)14-10/h1-4,6H,5,12H2. The molecule has 72 valence electrons. The van der Waals surface area contributed by atoms with Crippen molar-refractivity contribution in [3.8, 4) is 11.5 Å². The third-order valence-electron chi connectivity index (χ3n) is 1.85. The molecule has 4 heteroatoms. The molecular weight excluding hydrogens is 244 g/mol. The van der Waals surface area contributed by atoms with Gasteiger partial charge < -0.3 is 10.2 Å². The predicted molar refractivity (Wildman–Crippen MR) is 57.5 cm³/mol. The number of benzene rings is 1. The van der Waals surface area contributed by atoms with Crippen LogP contribution in [0.15, 0.2) is 39.4 Å². The first-order valence-electron chi connectivity index (χ1n) is 4.20. The molecule has 0 aliphatic carbocycles. The zero-order chi connectivity index (χ0) is 9.97. The molecule has 0 bridgehead atoms. The Bertz CT molecular complexity index is 422. The summed E-state index contributed by atoms with van der Waals surface area (Å²) in [6.07, 6.45) is 1.65. The van der Waals surface area contributed by atoms with E-state index in [2.05, 4.69) is 20.9 Å². The second kappa shape index (κ2) is 3.94. The van der Waals surface area contributed by atoms with E-state index in [0.29, 0.717) is 18.2 Å². The summed E-state index contributed by atoms with van der Waals surface area (Å²) in [6, 6.07) is 7.77. The zero-order valence-electron chi connectivity index (χ0n) is 7.40. The van der Waals surface area contributed by atoms with Crippen LogP contribution < -0.4 is 5.73 Å². The summed E-state index contributed by atoms with van der Waals surface area (Å²) in [7, 11) is 0. The molecule has 2 aromatic rings. The van der Waals surface area contributed by atoms with E-state index >= 15 is 0 Å². The molecule has 0 atom stereocenters. The number of nitrogens with zero attached hydrogens (tertiary/aromatic N) is 1. The first-order valence-corrected chi connectivity index (χ1v) is 4.99. The van der Waals surface area contributed by atoms with Gasteiger partial charge in [-0.05, 0) is 24.3 Å². The average molecular weight is 253 g/mol. The summed E-state index contributed by atoms with van der Waals surface area (Å²) in [5, 5.41) is 0. The molecule has 1 heterocycles. The smallest absolute Gasteiger partial charge is 0.226 e. The van der Waals surface area contributed by atoms with Crippen molar-refractivity contribution in [2.45, 2.75) is 6.54 Å². The molecule has 3 nitrogen and oxygen atoms in total. The Labute approximate surface area is 90.1 Å². The number of nitrogens with two attached hydrogens (primary N) is 1. The molecule has 0 spiro atoms. The molecule has 0 fully saturated rings. The molecule has 0 amide bonds. The molecule has 0 radical (unpaired) electrons. The maximum Gasteiger partial charge on any atom is 0.226 e. The van der Waals surface area contributed by atoms with Crippen LogP contribution in [-0.2, 0) is 6.54 Å². The highest BCUT2D eigenvalue weighted by Crippen LogP contribution is 2.21. The lowest BCUT2D eigenvalue weighted by molar-refractivity contribution is 0.521. The van der Waals surface area contributed by atoms with Gasteiger partial charge in [0.1, 0.15) is 5.76 Å². The van der Waals surface area contributed by atoms with Crippen molar-refractivity contribution in [1.29, 1.82) is 0 Å². The monoisotopic (exact) mass is 252 g/mol. The van der Waals surface area contributed by atoms with Crippen LogP contribution in [0, 0.1) is 0 Å². The minimum atomic E-state index is 0.379. The molecule has 14 heavy (non-hydrogen) atoms. The number of aromatic nitrogens is 1. The first-order chi connectivity index (χ1) is 6.79. The van der Waals surface area contributed by atoms with Crippen LogP contribution in [0.1, 0.15) is 5.76 Å². The number of oxazole rings is 1. The number of rotatable bonds is 2. The Balaban J connectivity index is 2.34. The molecular formula is C10H9BrN2O. The van der Waals surface area contributed by atoms with Gasteiger partial charge >= 0.3 is 0 Å². The van der Waals surface area contributed by atoms with E-state index in [1.54, 1.807) is 6.20 Å². The van der Waals surface area contributed by atoms with Gasteiger partial charge in [-0.1, -0.05) is 15.9 Å². The SMILES string of the molecule is NCc1cnc(-c2ccc(Br)cc2)o1. The van der Waals surface area contributed by atoms with E-state index in [0.717, 1.165) is 10.0 Å². The van der Waals surface area contributed by atoms with Crippen molar-refractivity contribution in [3.05, 3.63) is 40.7 Å². The lowest BCUT2D eigenvalue weighted by atomic mass is 10.2. The summed E-state index contributed by atoms with van der Waals surface area (Å²) in [5.41, 5.74) is 6.38. The van der Waals surface area contributed by atoms with E-state index in [4.69, 9.17) is 10.2 Å². The predicted octanol–water partition coefficient (Wildman–Crippen LogP) is 2.56. The van der Waals surface area contributed by atoms with Crippen molar-refractivity contribution in [1.82, 2.24) is 4.98 Å². The van der Waals surface area contributed by atoms with E-state index in [9.17, 15) is 0 Å². The first kappa shape index (κ1) is 9.43. The molecule has 2 rings (SSSR count). The number of hydrogen-bond donors (Lipinski definition) is 1. The van der Waals surface area contributed by atoms with Gasteiger partial charge in [0.15, 0.2) is 0 Å². The van der Waals surface area contributed by atoms with Crippen molar-refractivity contribution in [2.75, 3.05) is 0 Å². The lowest BCUT2D eigenvalue weighted by Crippen LogP contribution is -1.92. The van der Waals surface area contributed by atoms with Crippen LogP contribution in [0.25, 0.3) is 11.5 Å². The summed E-state index contributed by atoms with van der Waals surface area (Å²) in [4.78, 5) is 4.12. The molecule has 0 aliphatic rings. The van der Waals surface area contributed by atoms with E-state index in [-0.39, 0.29) is 0 Å². The number of hydrogen-bond acceptors (Lipinski definition) is 3. The van der Waals surface area contributed by atoms with Gasteiger partial charge in [-0.25, -0.2) is 4.98 Å². The minimum absolute atomic E-state index is 0.379. The summed E-state index contributed by atoms with van der Waals surface area (Å²) < 4.78 is 6.44. The van der Waals surface area contributed by atoms with Gasteiger partial charge in [0.05, 0.1) is 12.7 Å². The second-order valence-electron chi connectivity index (χ2n) is 2.84. The molecule has 1 aromatic heterocycles. The molecule has 0 unspecified atom stereocenters. The van der Waals surface area contributed by atoms with Crippen molar-refractivity contribution >= 4 is 15.9 Å². The van der Waals surface area contributed by atoms with Crippen molar-refractivity contribution < 1.29 is 4.42 Å². The number of halogens is 1. The zero-order valence-corrected chi connectivity index (χ0v) is 8.99. The molecule has 0 aliphatic heterocycles. The minimum Gasteiger partial charge on any atom is -0.440 e. The topological polar surface area (TPSA) is 52.0 Å². The normalized spacial score (nSPS) is 10.4. The third kappa shape index (κ3) is 1.86. The summed E-state index contributed by atoms with van der Waals surface area (Å²) in [6.45, 7) is 0.379. The maximum absolute atomic E-state index is 5.42. The quantitative estimate of drug-likeness (QED) is 0.894. The highest BCUT2D eigenvalue weighted by atomic mass is 79.9. The van der Waals surface area contributed by atoms with Crippen LogP contribution in [-0.4, -0.2) is 4.98 Å². The molecule has 2 N–H and O–H groups in total. The highest BCUT2D eigenvalue weighted by Gasteiger charge is 2.04. The fourth-order valence-corrected chi connectivity index (χ4v) is 1.39. The van der Waals surface area contributed by atoms with Gasteiger partial charge in [-0.15, -0.1) is 0 Å². The average Bonchev–Trinajstić information content (AvgIpc) is 2.67. The van der Waals surface area contributed by atoms with Gasteiger partial charge in [0, 0.05) is 10.0 Å². The molecule has 0 saturated carbocycles. The van der Waals surface area contributed by atoms with Crippen LogP contribution >= 0.6 is 15.9 Å². The van der Waals surface area contributed by atoms with Gasteiger partial charge in [0.2, 0.25) is 5.89 Å². The fourth-order valence-electron chi connectivity index (χ4n) is 1.13. The van der Waals surface area contributed by atoms with Gasteiger partial charge in [-0.2, -0.15) is 0 Å². The Kier molecular flexibility index (Phi) is 2.65. The van der Waals surface area contributed by atoms with Gasteiger partial charge in [-0.3, -0.25) is 0 Å². The fraction of sp³-hybridized carbons (Fsp3) is 0.100. The third-order valence-corrected chi connectivity index (χ3v) is 2.37. The van der Waals surface area contributed by atoms with Crippen molar-refractivity contribution in [3.63, 3.8) is 0 Å². The Morgan fingerprint density at radius 1 is 1.29 bits per heavy atom. The van der Waals surface area contributed by atoms with Crippen LogP contribution in [0.4, 0.5) is 0 Å². The lowest BCUT2D eigenvalue weighted by Gasteiger charge is -1.95. The Morgan fingerprint density at radius 2 is 2.00 bits per heavy atom. The van der Waals surface area contributed by atoms with Crippen molar-refractivity contribution in [2.24, 2.45) is 5.73 Å². The van der Waals surface area contributed by atoms with Crippen LogP contribution in [0.2, 0.25) is 0 Å². The second-order valence-corrected chi connectivity index (χ2v) is 3.76. The van der Waals surface area contributed by atoms with E-state index in [1.807, 2.05) is 24.3 Å². The van der Waals surface area contributed by atoms with Crippen LogP contribution in [0.3, 0.4) is 0 Å². The van der Waals surface area contributed by atoms with Crippen LogP contribution in [0.5, 0.6) is 0 Å². The highest BCUT2D eigenvalue weighted by molar-refractivity contribution is 9.10. The largest absolute Gasteiger partial charge is 0.440 e. The summed E-state index contributed by atoms with van der Waals surface area (Å²) in [5.74, 6) is 1.31. The summed E-state index contributed by atoms with van der Waals surface area (Å²) >= 11 is 3.37. The molecule has 0 saturated heterocycles. The Morgan fingerprint density at radius 3 is 2.57 bits per heavy atom.